The molecule has 0 aliphatic rings. The monoisotopic (exact) mass is 434 g/mol. The molecule has 9 nitrogen and oxygen atoms in total. The summed E-state index contributed by atoms with van der Waals surface area (Å²) >= 11 is 0. The Morgan fingerprint density at radius 3 is 2.85 bits per heavy atom. The summed E-state index contributed by atoms with van der Waals surface area (Å²) in [4.78, 5) is 21.3. The van der Waals surface area contributed by atoms with Gasteiger partial charge in [0.15, 0.2) is 0 Å². The molecule has 0 aliphatic carbocycles. The highest BCUT2D eigenvalue weighted by atomic mass is 16.5. The lowest BCUT2D eigenvalue weighted by Gasteiger charge is -2.11. The molecule has 2 aromatic carbocycles. The molecule has 0 atom stereocenters. The second-order valence-corrected chi connectivity index (χ2v) is 7.15. The van der Waals surface area contributed by atoms with E-state index in [-0.39, 0.29) is 6.61 Å². The Morgan fingerprint density at radius 2 is 2.03 bits per heavy atom. The molecule has 33 heavy (non-hydrogen) atoms. The quantitative estimate of drug-likeness (QED) is 0.389. The first-order valence-electron chi connectivity index (χ1n) is 10.1. The van der Waals surface area contributed by atoms with Gasteiger partial charge in [0.1, 0.15) is 25.0 Å². The fraction of sp³-hybridized carbons (Fsp3) is 0.0833. The SMILES string of the molecule is C#Cc1cc2cnc(Nc3cccc(Cn4cncn4)c3)nc2cc1OCc1cnccn1. The normalized spacial score (nSPS) is 10.6. The third-order valence-electron chi connectivity index (χ3n) is 4.82. The van der Waals surface area contributed by atoms with Crippen LogP contribution in [0.5, 0.6) is 5.75 Å². The molecule has 0 radical (unpaired) electrons. The Labute approximate surface area is 189 Å². The van der Waals surface area contributed by atoms with Crippen molar-refractivity contribution in [1.82, 2.24) is 34.7 Å². The molecule has 5 aromatic rings. The zero-order chi connectivity index (χ0) is 22.5. The molecule has 0 unspecified atom stereocenters. The van der Waals surface area contributed by atoms with Crippen LogP contribution >= 0.6 is 0 Å². The maximum absolute atomic E-state index is 5.91. The molecule has 1 N–H and O–H groups in total. The van der Waals surface area contributed by atoms with Gasteiger partial charge in [-0.2, -0.15) is 5.10 Å². The predicted octanol–water partition coefficient (Wildman–Crippen LogP) is 3.36. The molecule has 3 aromatic heterocycles. The third-order valence-corrected chi connectivity index (χ3v) is 4.82. The maximum Gasteiger partial charge on any atom is 0.227 e. The number of nitrogens with zero attached hydrogens (tertiary/aromatic N) is 7. The molecule has 0 saturated carbocycles. The molecular weight excluding hydrogens is 416 g/mol. The van der Waals surface area contributed by atoms with Gasteiger partial charge in [-0.3, -0.25) is 9.97 Å². The molecule has 0 saturated heterocycles. The van der Waals surface area contributed by atoms with Crippen molar-refractivity contribution < 1.29 is 4.74 Å². The Kier molecular flexibility index (Phi) is 5.55. The predicted molar refractivity (Wildman–Crippen MR) is 123 cm³/mol. The van der Waals surface area contributed by atoms with Crippen LogP contribution in [0.2, 0.25) is 0 Å². The van der Waals surface area contributed by atoms with Gasteiger partial charge in [0.05, 0.1) is 29.5 Å². The van der Waals surface area contributed by atoms with Gasteiger partial charge < -0.3 is 10.1 Å². The zero-order valence-electron chi connectivity index (χ0n) is 17.5. The number of benzene rings is 2. The van der Waals surface area contributed by atoms with Crippen LogP contribution in [0.3, 0.4) is 0 Å². The molecule has 3 heterocycles. The Hall–Kier alpha value is -4.84. The van der Waals surface area contributed by atoms with Crippen molar-refractivity contribution >= 4 is 22.5 Å². The number of fused-ring (bicyclic) bond motifs is 1. The maximum atomic E-state index is 5.91. The number of hydrogen-bond acceptors (Lipinski definition) is 8. The Balaban J connectivity index is 1.38. The van der Waals surface area contributed by atoms with Crippen LogP contribution in [0.25, 0.3) is 10.9 Å². The van der Waals surface area contributed by atoms with E-state index in [1.807, 2.05) is 36.4 Å². The first kappa shape index (κ1) is 20.1. The summed E-state index contributed by atoms with van der Waals surface area (Å²) in [6, 6.07) is 11.6. The molecule has 5 rings (SSSR count). The average Bonchev–Trinajstić information content (AvgIpc) is 3.36. The van der Waals surface area contributed by atoms with E-state index in [1.165, 1.54) is 6.33 Å². The lowest BCUT2D eigenvalue weighted by atomic mass is 10.1. The van der Waals surface area contributed by atoms with Crippen LogP contribution in [0.4, 0.5) is 11.6 Å². The van der Waals surface area contributed by atoms with Crippen molar-refractivity contribution in [2.75, 3.05) is 5.32 Å². The lowest BCUT2D eigenvalue weighted by molar-refractivity contribution is 0.300. The largest absolute Gasteiger partial charge is 0.486 e. The third kappa shape index (κ3) is 4.75. The van der Waals surface area contributed by atoms with E-state index in [0.717, 1.165) is 16.6 Å². The second kappa shape index (κ2) is 9.11. The van der Waals surface area contributed by atoms with Gasteiger partial charge in [-0.15, -0.1) is 6.42 Å². The minimum Gasteiger partial charge on any atom is -0.486 e. The number of rotatable bonds is 7. The highest BCUT2D eigenvalue weighted by Gasteiger charge is 2.09. The van der Waals surface area contributed by atoms with Crippen molar-refractivity contribution in [2.45, 2.75) is 13.2 Å². The summed E-state index contributed by atoms with van der Waals surface area (Å²) in [6.45, 7) is 0.873. The van der Waals surface area contributed by atoms with Gasteiger partial charge in [-0.1, -0.05) is 18.1 Å². The van der Waals surface area contributed by atoms with Crippen molar-refractivity contribution in [3.63, 3.8) is 0 Å². The molecule has 9 heteroatoms. The number of ether oxygens (including phenoxy) is 1. The summed E-state index contributed by atoms with van der Waals surface area (Å²) in [5.74, 6) is 3.68. The van der Waals surface area contributed by atoms with E-state index in [1.54, 1.807) is 35.8 Å². The molecular formula is C24H18N8O. The Morgan fingerprint density at radius 1 is 1.06 bits per heavy atom. The van der Waals surface area contributed by atoms with Crippen LogP contribution < -0.4 is 10.1 Å². The lowest BCUT2D eigenvalue weighted by Crippen LogP contribution is -2.02. The van der Waals surface area contributed by atoms with Gasteiger partial charge >= 0.3 is 0 Å². The van der Waals surface area contributed by atoms with E-state index in [2.05, 4.69) is 41.3 Å². The van der Waals surface area contributed by atoms with E-state index in [0.29, 0.717) is 35.0 Å². The van der Waals surface area contributed by atoms with Crippen molar-refractivity contribution in [3.05, 3.63) is 90.7 Å². The summed E-state index contributed by atoms with van der Waals surface area (Å²) in [5, 5.41) is 8.22. The zero-order valence-corrected chi connectivity index (χ0v) is 17.5. The summed E-state index contributed by atoms with van der Waals surface area (Å²) in [5.41, 5.74) is 3.98. The molecule has 0 amide bonds. The summed E-state index contributed by atoms with van der Waals surface area (Å²) in [7, 11) is 0. The number of hydrogen-bond donors (Lipinski definition) is 1. The topological polar surface area (TPSA) is 104 Å². The van der Waals surface area contributed by atoms with Crippen LogP contribution in [-0.4, -0.2) is 34.7 Å². The van der Waals surface area contributed by atoms with Crippen LogP contribution in [-0.2, 0) is 13.2 Å². The van der Waals surface area contributed by atoms with Crippen LogP contribution in [0.1, 0.15) is 16.8 Å². The first-order chi connectivity index (χ1) is 16.3. The van der Waals surface area contributed by atoms with Gasteiger partial charge in [0.25, 0.3) is 0 Å². The molecule has 0 bridgehead atoms. The number of nitrogens with one attached hydrogen (secondary N) is 1. The smallest absolute Gasteiger partial charge is 0.227 e. The van der Waals surface area contributed by atoms with Crippen molar-refractivity contribution in [3.8, 4) is 18.1 Å². The highest BCUT2D eigenvalue weighted by molar-refractivity contribution is 5.83. The molecule has 0 fully saturated rings. The van der Waals surface area contributed by atoms with Gasteiger partial charge in [0.2, 0.25) is 5.95 Å². The highest BCUT2D eigenvalue weighted by Crippen LogP contribution is 2.26. The average molecular weight is 434 g/mol. The van der Waals surface area contributed by atoms with Gasteiger partial charge in [0, 0.05) is 35.7 Å². The Bertz CT molecular complexity index is 1430. The van der Waals surface area contributed by atoms with Crippen molar-refractivity contribution in [1.29, 1.82) is 0 Å². The minimum atomic E-state index is 0.253. The minimum absolute atomic E-state index is 0.253. The van der Waals surface area contributed by atoms with Crippen molar-refractivity contribution in [2.24, 2.45) is 0 Å². The first-order valence-corrected chi connectivity index (χ1v) is 10.1. The van der Waals surface area contributed by atoms with Gasteiger partial charge in [-0.25, -0.2) is 19.6 Å². The van der Waals surface area contributed by atoms with E-state index < -0.39 is 0 Å². The second-order valence-electron chi connectivity index (χ2n) is 7.15. The number of aromatic nitrogens is 7. The van der Waals surface area contributed by atoms with E-state index in [9.17, 15) is 0 Å². The van der Waals surface area contributed by atoms with Crippen LogP contribution in [0.15, 0.2) is 73.8 Å². The van der Waals surface area contributed by atoms with Crippen LogP contribution in [0, 0.1) is 12.3 Å². The number of terminal acetylenes is 1. The van der Waals surface area contributed by atoms with Gasteiger partial charge in [-0.05, 0) is 23.8 Å². The molecule has 0 spiro atoms. The summed E-state index contributed by atoms with van der Waals surface area (Å²) < 4.78 is 7.67. The van der Waals surface area contributed by atoms with E-state index in [4.69, 9.17) is 11.2 Å². The fourth-order valence-electron chi connectivity index (χ4n) is 3.29. The standard InChI is InChI=1S/C24H18N8O/c1-2-18-9-19-11-28-24(30-20-5-3-4-17(8-20)13-32-16-26-15-29-32)31-22(19)10-23(18)33-14-21-12-25-6-7-27-21/h1,3-12,15-16H,13-14H2,(H,28,30,31). The molecule has 160 valence electrons. The fourth-order valence-corrected chi connectivity index (χ4v) is 3.29. The molecule has 0 aliphatic heterocycles. The van der Waals surface area contributed by atoms with E-state index >= 15 is 0 Å². The number of anilines is 2. The summed E-state index contributed by atoms with van der Waals surface area (Å²) in [6.07, 6.45) is 15.5.